The molecule has 2 nitrogen and oxygen atoms in total. The highest BCUT2D eigenvalue weighted by Crippen LogP contribution is 2.27. The van der Waals surface area contributed by atoms with E-state index in [2.05, 4.69) is 0 Å². The minimum absolute atomic E-state index is 0.0421. The number of carbonyl (C=O) groups is 1. The third kappa shape index (κ3) is 4.22. The van der Waals surface area contributed by atoms with Crippen molar-refractivity contribution >= 4 is 29.1 Å². The van der Waals surface area contributed by atoms with Crippen molar-refractivity contribution in [2.24, 2.45) is 0 Å². The summed E-state index contributed by atoms with van der Waals surface area (Å²) < 4.78 is 18.9. The fraction of sp³-hybridized carbons (Fsp3) is 0.188. The average Bonchev–Trinajstić information content (AvgIpc) is 2.48. The monoisotopic (exact) mass is 324 g/mol. The van der Waals surface area contributed by atoms with Gasteiger partial charge in [-0.25, -0.2) is 4.39 Å². The molecule has 0 aliphatic heterocycles. The van der Waals surface area contributed by atoms with Crippen LogP contribution in [0.15, 0.2) is 47.4 Å². The number of Topliss-reactive ketones (excluding diaryl/α,β-unsaturated/α-hetero) is 1. The molecule has 5 heteroatoms. The Bertz CT molecular complexity index is 646. The van der Waals surface area contributed by atoms with E-state index in [1.807, 2.05) is 18.2 Å². The zero-order chi connectivity index (χ0) is 15.2. The molecular formula is C16H14ClFO2S. The molecule has 0 radical (unpaired) electrons. The summed E-state index contributed by atoms with van der Waals surface area (Å²) in [6.45, 7) is 0. The number of rotatable bonds is 6. The van der Waals surface area contributed by atoms with Gasteiger partial charge in [-0.05, 0) is 23.8 Å². The zero-order valence-corrected chi connectivity index (χ0v) is 13.0. The maximum atomic E-state index is 14.0. The molecule has 0 N–H and O–H groups in total. The second kappa shape index (κ2) is 7.48. The molecule has 2 aromatic carbocycles. The van der Waals surface area contributed by atoms with E-state index in [1.165, 1.54) is 24.9 Å². The first kappa shape index (κ1) is 15.9. The van der Waals surface area contributed by atoms with Gasteiger partial charge in [0.25, 0.3) is 0 Å². The van der Waals surface area contributed by atoms with Crippen LogP contribution in [0.2, 0.25) is 5.02 Å². The van der Waals surface area contributed by atoms with Gasteiger partial charge in [-0.1, -0.05) is 35.9 Å². The van der Waals surface area contributed by atoms with Crippen LogP contribution in [-0.2, 0) is 11.2 Å². The van der Waals surface area contributed by atoms with Crippen molar-refractivity contribution in [2.75, 3.05) is 12.9 Å². The molecule has 2 rings (SSSR count). The number of halogens is 2. The first-order valence-electron chi connectivity index (χ1n) is 6.32. The van der Waals surface area contributed by atoms with E-state index in [9.17, 15) is 9.18 Å². The number of carbonyl (C=O) groups excluding carboxylic acids is 1. The quantitative estimate of drug-likeness (QED) is 0.737. The Kier molecular flexibility index (Phi) is 5.65. The number of ether oxygens (including phenoxy) is 1. The molecule has 0 bridgehead atoms. The summed E-state index contributed by atoms with van der Waals surface area (Å²) in [5.74, 6) is -0.136. The van der Waals surface area contributed by atoms with Crippen LogP contribution < -0.4 is 4.74 Å². The summed E-state index contributed by atoms with van der Waals surface area (Å²) in [6.07, 6.45) is 0.0421. The highest BCUT2D eigenvalue weighted by atomic mass is 35.5. The minimum Gasteiger partial charge on any atom is -0.494 e. The Morgan fingerprint density at radius 3 is 2.71 bits per heavy atom. The van der Waals surface area contributed by atoms with Crippen LogP contribution in [0.4, 0.5) is 4.39 Å². The van der Waals surface area contributed by atoms with Gasteiger partial charge >= 0.3 is 0 Å². The molecule has 0 saturated heterocycles. The van der Waals surface area contributed by atoms with Crippen LogP contribution in [0.3, 0.4) is 0 Å². The molecule has 0 aliphatic carbocycles. The van der Waals surface area contributed by atoms with E-state index in [0.29, 0.717) is 10.6 Å². The van der Waals surface area contributed by atoms with Gasteiger partial charge in [-0.3, -0.25) is 4.79 Å². The highest BCUT2D eigenvalue weighted by molar-refractivity contribution is 8.00. The molecular weight excluding hydrogens is 311 g/mol. The van der Waals surface area contributed by atoms with Gasteiger partial charge in [0.1, 0.15) is 5.78 Å². The van der Waals surface area contributed by atoms with Crippen molar-refractivity contribution in [1.29, 1.82) is 0 Å². The maximum Gasteiger partial charge on any atom is 0.168 e. The number of methoxy groups -OCH3 is 1. The van der Waals surface area contributed by atoms with Crippen LogP contribution in [0.1, 0.15) is 5.56 Å². The summed E-state index contributed by atoms with van der Waals surface area (Å²) in [6, 6.07) is 12.1. The predicted molar refractivity (Wildman–Crippen MR) is 83.8 cm³/mol. The Balaban J connectivity index is 1.98. The standard InChI is InChI=1S/C16H14ClFO2S/c1-20-14-7-4-5-11(16(14)18)9-12(19)10-21-15-8-3-2-6-13(15)17/h2-8H,9-10H2,1H3. The van der Waals surface area contributed by atoms with Crippen LogP contribution in [0.5, 0.6) is 5.75 Å². The number of hydrogen-bond donors (Lipinski definition) is 0. The fourth-order valence-electron chi connectivity index (χ4n) is 1.83. The third-order valence-corrected chi connectivity index (χ3v) is 4.45. The maximum absolute atomic E-state index is 14.0. The SMILES string of the molecule is COc1cccc(CC(=O)CSc2ccccc2Cl)c1F. The van der Waals surface area contributed by atoms with Crippen LogP contribution in [-0.4, -0.2) is 18.6 Å². The minimum atomic E-state index is -0.476. The van der Waals surface area contributed by atoms with Crippen LogP contribution in [0, 0.1) is 5.82 Å². The van der Waals surface area contributed by atoms with Gasteiger partial charge < -0.3 is 4.74 Å². The number of benzene rings is 2. The lowest BCUT2D eigenvalue weighted by Crippen LogP contribution is -2.08. The van der Waals surface area contributed by atoms with Gasteiger partial charge in [0.2, 0.25) is 0 Å². The molecule has 0 saturated carbocycles. The highest BCUT2D eigenvalue weighted by Gasteiger charge is 2.13. The van der Waals surface area contributed by atoms with Crippen LogP contribution >= 0.6 is 23.4 Å². The number of hydrogen-bond acceptors (Lipinski definition) is 3. The van der Waals surface area contributed by atoms with E-state index >= 15 is 0 Å². The number of thioether (sulfide) groups is 1. The lowest BCUT2D eigenvalue weighted by molar-refractivity contribution is -0.116. The first-order valence-corrected chi connectivity index (χ1v) is 7.68. The van der Waals surface area contributed by atoms with Crippen molar-refractivity contribution in [3.63, 3.8) is 0 Å². The largest absolute Gasteiger partial charge is 0.494 e. The Hall–Kier alpha value is -1.52. The number of ketones is 1. The average molecular weight is 325 g/mol. The second-order valence-corrected chi connectivity index (χ2v) is 5.79. The van der Waals surface area contributed by atoms with Crippen molar-refractivity contribution in [3.05, 3.63) is 58.9 Å². The summed E-state index contributed by atoms with van der Waals surface area (Å²) in [5, 5.41) is 0.614. The van der Waals surface area contributed by atoms with Crippen molar-refractivity contribution in [3.8, 4) is 5.75 Å². The van der Waals surface area contributed by atoms with Gasteiger partial charge in [0, 0.05) is 11.3 Å². The normalized spacial score (nSPS) is 10.4. The lowest BCUT2D eigenvalue weighted by Gasteiger charge is -2.07. The first-order chi connectivity index (χ1) is 10.1. The molecule has 0 heterocycles. The van der Waals surface area contributed by atoms with Crippen molar-refractivity contribution in [1.82, 2.24) is 0 Å². The molecule has 0 spiro atoms. The van der Waals surface area contributed by atoms with Gasteiger partial charge in [-0.15, -0.1) is 11.8 Å². The van der Waals surface area contributed by atoms with E-state index in [4.69, 9.17) is 16.3 Å². The van der Waals surface area contributed by atoms with E-state index in [1.54, 1.807) is 18.2 Å². The van der Waals surface area contributed by atoms with Gasteiger partial charge in [-0.2, -0.15) is 0 Å². The molecule has 21 heavy (non-hydrogen) atoms. The van der Waals surface area contributed by atoms with E-state index < -0.39 is 5.82 Å². The smallest absolute Gasteiger partial charge is 0.168 e. The summed E-state index contributed by atoms with van der Waals surface area (Å²) in [4.78, 5) is 12.8. The van der Waals surface area contributed by atoms with Gasteiger partial charge in [0.15, 0.2) is 11.6 Å². The summed E-state index contributed by atoms with van der Waals surface area (Å²) in [5.41, 5.74) is 0.346. The van der Waals surface area contributed by atoms with E-state index in [-0.39, 0.29) is 23.7 Å². The van der Waals surface area contributed by atoms with Crippen LogP contribution in [0.25, 0.3) is 0 Å². The summed E-state index contributed by atoms with van der Waals surface area (Å²) in [7, 11) is 1.40. The molecule has 0 fully saturated rings. The molecule has 0 amide bonds. The fourth-order valence-corrected chi connectivity index (χ4v) is 2.93. The van der Waals surface area contributed by atoms with E-state index in [0.717, 1.165) is 4.90 Å². The molecule has 110 valence electrons. The lowest BCUT2D eigenvalue weighted by atomic mass is 10.1. The molecule has 0 aliphatic rings. The molecule has 2 aromatic rings. The second-order valence-electron chi connectivity index (χ2n) is 4.37. The predicted octanol–water partition coefficient (Wildman–Crippen LogP) is 4.39. The zero-order valence-electron chi connectivity index (χ0n) is 11.4. The summed E-state index contributed by atoms with van der Waals surface area (Å²) >= 11 is 7.38. The molecule has 0 unspecified atom stereocenters. The van der Waals surface area contributed by atoms with Gasteiger partial charge in [0.05, 0.1) is 17.9 Å². The molecule has 0 aromatic heterocycles. The molecule has 0 atom stereocenters. The third-order valence-electron chi connectivity index (χ3n) is 2.88. The van der Waals surface area contributed by atoms with Crippen molar-refractivity contribution < 1.29 is 13.9 Å². The van der Waals surface area contributed by atoms with Crippen molar-refractivity contribution in [2.45, 2.75) is 11.3 Å². The Morgan fingerprint density at radius 2 is 2.00 bits per heavy atom. The Labute approximate surface area is 132 Å². The topological polar surface area (TPSA) is 26.3 Å². The Morgan fingerprint density at radius 1 is 1.24 bits per heavy atom.